The molecule has 2 unspecified atom stereocenters. The normalized spacial score (nSPS) is 33.4. The van der Waals surface area contributed by atoms with Gasteiger partial charge in [0.2, 0.25) is 0 Å². The standard InChI is InChI=1S/C15H30N2/c1-2-3-4-5-6-9-15-10-7-14(17-15)8-12-16-13-11-15/h14,16-17H,2-13H2,1H3. The first-order chi connectivity index (χ1) is 8.35. The van der Waals surface area contributed by atoms with Crippen molar-refractivity contribution in [3.05, 3.63) is 0 Å². The van der Waals surface area contributed by atoms with Gasteiger partial charge in [-0.25, -0.2) is 0 Å². The number of unbranched alkanes of at least 4 members (excludes halogenated alkanes) is 4. The van der Waals surface area contributed by atoms with Crippen molar-refractivity contribution >= 4 is 0 Å². The van der Waals surface area contributed by atoms with Gasteiger partial charge in [-0.1, -0.05) is 39.0 Å². The first-order valence-corrected chi connectivity index (χ1v) is 7.83. The van der Waals surface area contributed by atoms with Gasteiger partial charge >= 0.3 is 0 Å². The number of hydrogen-bond donors (Lipinski definition) is 2. The molecule has 0 aromatic rings. The topological polar surface area (TPSA) is 24.1 Å². The van der Waals surface area contributed by atoms with Crippen LogP contribution in [0, 0.1) is 0 Å². The summed E-state index contributed by atoms with van der Waals surface area (Å²) in [6, 6.07) is 0.804. The molecule has 17 heavy (non-hydrogen) atoms. The lowest BCUT2D eigenvalue weighted by Crippen LogP contribution is -2.47. The molecule has 2 heterocycles. The minimum Gasteiger partial charge on any atom is -0.317 e. The van der Waals surface area contributed by atoms with Crippen molar-refractivity contribution in [2.75, 3.05) is 13.1 Å². The second-order valence-corrected chi connectivity index (χ2v) is 6.11. The quantitative estimate of drug-likeness (QED) is 0.694. The molecule has 0 spiro atoms. The smallest absolute Gasteiger partial charge is 0.0196 e. The molecule has 2 saturated heterocycles. The Bertz CT molecular complexity index is 217. The lowest BCUT2D eigenvalue weighted by atomic mass is 9.87. The number of nitrogens with one attached hydrogen (secondary N) is 2. The van der Waals surface area contributed by atoms with Crippen LogP contribution in [0.2, 0.25) is 0 Å². The maximum atomic E-state index is 3.96. The average molecular weight is 238 g/mol. The van der Waals surface area contributed by atoms with Crippen molar-refractivity contribution in [1.82, 2.24) is 10.6 Å². The zero-order valence-corrected chi connectivity index (χ0v) is 11.6. The molecule has 0 saturated carbocycles. The second-order valence-electron chi connectivity index (χ2n) is 6.11. The fourth-order valence-electron chi connectivity index (χ4n) is 3.56. The summed E-state index contributed by atoms with van der Waals surface area (Å²) in [6.07, 6.45) is 14.0. The zero-order chi connectivity index (χ0) is 12.0. The molecule has 0 aromatic heterocycles. The molecule has 2 rings (SSSR count). The lowest BCUT2D eigenvalue weighted by molar-refractivity contribution is 0.277. The van der Waals surface area contributed by atoms with E-state index in [-0.39, 0.29) is 0 Å². The Balaban J connectivity index is 1.72. The Hall–Kier alpha value is -0.0800. The third-order valence-corrected chi connectivity index (χ3v) is 4.69. The number of hydrogen-bond acceptors (Lipinski definition) is 2. The third-order valence-electron chi connectivity index (χ3n) is 4.69. The van der Waals surface area contributed by atoms with E-state index in [1.54, 1.807) is 0 Å². The molecule has 0 aliphatic carbocycles. The van der Waals surface area contributed by atoms with E-state index < -0.39 is 0 Å². The molecular formula is C15H30N2. The van der Waals surface area contributed by atoms with Crippen LogP contribution in [-0.2, 0) is 0 Å². The summed E-state index contributed by atoms with van der Waals surface area (Å²) in [5, 5.41) is 7.54. The van der Waals surface area contributed by atoms with Gasteiger partial charge < -0.3 is 10.6 Å². The maximum Gasteiger partial charge on any atom is 0.0196 e. The summed E-state index contributed by atoms with van der Waals surface area (Å²) in [6.45, 7) is 4.72. The van der Waals surface area contributed by atoms with Crippen molar-refractivity contribution < 1.29 is 0 Å². The van der Waals surface area contributed by atoms with Crippen LogP contribution in [0.4, 0.5) is 0 Å². The molecule has 2 aliphatic heterocycles. The fraction of sp³-hybridized carbons (Fsp3) is 1.00. The summed E-state index contributed by atoms with van der Waals surface area (Å²) in [5.74, 6) is 0. The van der Waals surface area contributed by atoms with Gasteiger partial charge in [0.05, 0.1) is 0 Å². The van der Waals surface area contributed by atoms with Crippen molar-refractivity contribution in [2.24, 2.45) is 0 Å². The van der Waals surface area contributed by atoms with Crippen LogP contribution in [0.25, 0.3) is 0 Å². The van der Waals surface area contributed by atoms with E-state index in [0.29, 0.717) is 5.54 Å². The number of fused-ring (bicyclic) bond motifs is 2. The first kappa shape index (κ1) is 13.4. The molecule has 100 valence electrons. The highest BCUT2D eigenvalue weighted by molar-refractivity contribution is 4.99. The lowest BCUT2D eigenvalue weighted by Gasteiger charge is -2.33. The van der Waals surface area contributed by atoms with Crippen LogP contribution in [0.15, 0.2) is 0 Å². The fourth-order valence-corrected chi connectivity index (χ4v) is 3.56. The van der Waals surface area contributed by atoms with Gasteiger partial charge in [-0.3, -0.25) is 0 Å². The first-order valence-electron chi connectivity index (χ1n) is 7.83. The van der Waals surface area contributed by atoms with Crippen LogP contribution in [0.5, 0.6) is 0 Å². The van der Waals surface area contributed by atoms with E-state index in [1.165, 1.54) is 77.3 Å². The maximum absolute atomic E-state index is 3.96. The van der Waals surface area contributed by atoms with Gasteiger partial charge in [-0.05, 0) is 45.2 Å². The van der Waals surface area contributed by atoms with Gasteiger partial charge in [0, 0.05) is 11.6 Å². The SMILES string of the molecule is CCCCCCCC12CCNCCC(CC1)N2. The highest BCUT2D eigenvalue weighted by Crippen LogP contribution is 2.33. The summed E-state index contributed by atoms with van der Waals surface area (Å²) in [5.41, 5.74) is 0.504. The molecule has 0 aromatic carbocycles. The highest BCUT2D eigenvalue weighted by Gasteiger charge is 2.37. The monoisotopic (exact) mass is 238 g/mol. The van der Waals surface area contributed by atoms with E-state index in [2.05, 4.69) is 17.6 Å². The third kappa shape index (κ3) is 3.96. The zero-order valence-electron chi connectivity index (χ0n) is 11.6. The highest BCUT2D eigenvalue weighted by atomic mass is 15.1. The van der Waals surface area contributed by atoms with E-state index in [0.717, 1.165) is 6.04 Å². The molecule has 0 amide bonds. The molecule has 2 bridgehead atoms. The summed E-state index contributed by atoms with van der Waals surface area (Å²) in [4.78, 5) is 0. The molecule has 2 aliphatic rings. The predicted octanol–water partition coefficient (Wildman–Crippen LogP) is 3.22. The number of rotatable bonds is 6. The molecule has 2 N–H and O–H groups in total. The molecule has 2 heteroatoms. The van der Waals surface area contributed by atoms with E-state index in [4.69, 9.17) is 0 Å². The molecule has 0 radical (unpaired) electrons. The van der Waals surface area contributed by atoms with E-state index in [1.807, 2.05) is 0 Å². The molecule has 2 fully saturated rings. The Morgan fingerprint density at radius 2 is 1.88 bits per heavy atom. The van der Waals surface area contributed by atoms with Crippen molar-refractivity contribution in [1.29, 1.82) is 0 Å². The van der Waals surface area contributed by atoms with Crippen LogP contribution in [0.3, 0.4) is 0 Å². The van der Waals surface area contributed by atoms with E-state index in [9.17, 15) is 0 Å². The van der Waals surface area contributed by atoms with Crippen LogP contribution in [-0.4, -0.2) is 24.7 Å². The summed E-state index contributed by atoms with van der Waals surface area (Å²) >= 11 is 0. The minimum atomic E-state index is 0.504. The Labute approximate surface area is 107 Å². The van der Waals surface area contributed by atoms with Crippen molar-refractivity contribution in [3.8, 4) is 0 Å². The Morgan fingerprint density at radius 1 is 1.00 bits per heavy atom. The Morgan fingerprint density at radius 3 is 2.76 bits per heavy atom. The van der Waals surface area contributed by atoms with Gasteiger partial charge in [0.1, 0.15) is 0 Å². The van der Waals surface area contributed by atoms with Crippen molar-refractivity contribution in [3.63, 3.8) is 0 Å². The van der Waals surface area contributed by atoms with E-state index >= 15 is 0 Å². The summed E-state index contributed by atoms with van der Waals surface area (Å²) in [7, 11) is 0. The summed E-state index contributed by atoms with van der Waals surface area (Å²) < 4.78 is 0. The van der Waals surface area contributed by atoms with Gasteiger partial charge in [-0.15, -0.1) is 0 Å². The Kier molecular flexibility index (Phi) is 5.30. The predicted molar refractivity (Wildman–Crippen MR) is 74.4 cm³/mol. The largest absolute Gasteiger partial charge is 0.317 e. The van der Waals surface area contributed by atoms with Gasteiger partial charge in [0.15, 0.2) is 0 Å². The van der Waals surface area contributed by atoms with Crippen LogP contribution in [0.1, 0.15) is 71.1 Å². The molecular weight excluding hydrogens is 208 g/mol. The minimum absolute atomic E-state index is 0.504. The second kappa shape index (κ2) is 6.75. The molecule has 2 nitrogen and oxygen atoms in total. The molecule has 2 atom stereocenters. The van der Waals surface area contributed by atoms with Crippen LogP contribution < -0.4 is 10.6 Å². The van der Waals surface area contributed by atoms with Crippen molar-refractivity contribution in [2.45, 2.75) is 82.7 Å². The van der Waals surface area contributed by atoms with Gasteiger partial charge in [-0.2, -0.15) is 0 Å². The van der Waals surface area contributed by atoms with Crippen LogP contribution >= 0.6 is 0 Å². The van der Waals surface area contributed by atoms with Gasteiger partial charge in [0.25, 0.3) is 0 Å². The average Bonchev–Trinajstić information content (AvgIpc) is 2.73.